The number of rotatable bonds is 3. The topological polar surface area (TPSA) is 9.23 Å². The molecule has 0 saturated heterocycles. The molecule has 0 aliphatic carbocycles. The lowest BCUT2D eigenvalue weighted by Crippen LogP contribution is -2.59. The van der Waals surface area contributed by atoms with Crippen molar-refractivity contribution in [2.45, 2.75) is 31.7 Å². The average molecular weight is 222 g/mol. The molecule has 1 nitrogen and oxygen atoms in total. The third kappa shape index (κ3) is 2.40. The molecule has 0 bridgehead atoms. The van der Waals surface area contributed by atoms with Crippen LogP contribution >= 0.6 is 0 Å². The van der Waals surface area contributed by atoms with Crippen molar-refractivity contribution in [3.63, 3.8) is 0 Å². The fourth-order valence-corrected chi connectivity index (χ4v) is 2.38. The van der Waals surface area contributed by atoms with Crippen LogP contribution in [0.1, 0.15) is 6.92 Å². The van der Waals surface area contributed by atoms with Gasteiger partial charge in [-0.2, -0.15) is 22.0 Å². The van der Waals surface area contributed by atoms with E-state index in [0.29, 0.717) is 0 Å². The van der Waals surface area contributed by atoms with E-state index in [1.807, 2.05) is 0 Å². The highest BCUT2D eigenvalue weighted by Crippen LogP contribution is 2.42. The first-order valence-electron chi connectivity index (χ1n) is 3.64. The first kappa shape index (κ1) is 12.8. The summed E-state index contributed by atoms with van der Waals surface area (Å²) >= 11 is 0. The van der Waals surface area contributed by atoms with Gasteiger partial charge < -0.3 is 4.43 Å². The molecule has 0 aromatic heterocycles. The van der Waals surface area contributed by atoms with Crippen molar-refractivity contribution in [2.24, 2.45) is 0 Å². The van der Waals surface area contributed by atoms with E-state index in [2.05, 4.69) is 4.43 Å². The summed E-state index contributed by atoms with van der Waals surface area (Å²) in [6.45, 7) is 2.96. The van der Waals surface area contributed by atoms with Crippen LogP contribution in [0.5, 0.6) is 0 Å². The lowest BCUT2D eigenvalue weighted by molar-refractivity contribution is -0.252. The Hall–Kier alpha value is -0.173. The van der Waals surface area contributed by atoms with Gasteiger partial charge in [-0.15, -0.1) is 0 Å². The van der Waals surface area contributed by atoms with Gasteiger partial charge in [0, 0.05) is 6.61 Å². The molecule has 0 N–H and O–H groups in total. The normalized spacial score (nSPS) is 14.8. The number of halogens is 5. The number of alkyl halides is 5. The lowest BCUT2D eigenvalue weighted by Gasteiger charge is -2.32. The minimum Gasteiger partial charge on any atom is -0.410 e. The predicted octanol–water partition coefficient (Wildman–Crippen LogP) is 2.96. The fraction of sp³-hybridized carbons (Fsp3) is 1.00. The second-order valence-corrected chi connectivity index (χ2v) is 6.95. The molecule has 7 heteroatoms. The van der Waals surface area contributed by atoms with Gasteiger partial charge in [-0.3, -0.25) is 0 Å². The smallest absolute Gasteiger partial charge is 0.410 e. The number of hydrogen-bond acceptors (Lipinski definition) is 1. The van der Waals surface area contributed by atoms with Gasteiger partial charge in [0.1, 0.15) is 0 Å². The molecule has 80 valence electrons. The summed E-state index contributed by atoms with van der Waals surface area (Å²) in [5, 5.41) is 0. The van der Waals surface area contributed by atoms with E-state index in [9.17, 15) is 22.0 Å². The molecule has 0 saturated carbocycles. The van der Waals surface area contributed by atoms with Gasteiger partial charge in [-0.25, -0.2) is 0 Å². The van der Waals surface area contributed by atoms with Crippen LogP contribution in [-0.2, 0) is 4.43 Å². The van der Waals surface area contributed by atoms with Crippen LogP contribution in [-0.4, -0.2) is 26.6 Å². The minimum absolute atomic E-state index is 0.134. The zero-order valence-electron chi connectivity index (χ0n) is 7.51. The van der Waals surface area contributed by atoms with Crippen molar-refractivity contribution in [1.82, 2.24) is 0 Å². The Morgan fingerprint density at radius 2 is 1.46 bits per heavy atom. The molecule has 0 heterocycles. The molecule has 0 spiro atoms. The predicted molar refractivity (Wildman–Crippen MR) is 40.1 cm³/mol. The van der Waals surface area contributed by atoms with E-state index >= 15 is 0 Å². The van der Waals surface area contributed by atoms with Gasteiger partial charge in [0.05, 0.1) is 0 Å². The van der Waals surface area contributed by atoms with Crippen molar-refractivity contribution >= 4 is 8.32 Å². The second-order valence-electron chi connectivity index (χ2n) is 3.02. The molecule has 0 aliphatic rings. The third-order valence-electron chi connectivity index (χ3n) is 1.62. The van der Waals surface area contributed by atoms with Crippen LogP contribution in [0, 0.1) is 0 Å². The van der Waals surface area contributed by atoms with Gasteiger partial charge in [-0.1, -0.05) is 0 Å². The van der Waals surface area contributed by atoms with E-state index in [4.69, 9.17) is 0 Å². The van der Waals surface area contributed by atoms with E-state index in [-0.39, 0.29) is 6.61 Å². The Bertz CT molecular complexity index is 176. The molecule has 0 radical (unpaired) electrons. The summed E-state index contributed by atoms with van der Waals surface area (Å²) in [4.78, 5) is 0. The van der Waals surface area contributed by atoms with Crippen molar-refractivity contribution in [1.29, 1.82) is 0 Å². The highest BCUT2D eigenvalue weighted by Gasteiger charge is 2.68. The molecule has 0 atom stereocenters. The zero-order chi connectivity index (χ0) is 10.9. The highest BCUT2D eigenvalue weighted by atomic mass is 28.4. The second kappa shape index (κ2) is 3.53. The SMILES string of the molecule is CCO[Si](C)(C)C(F)(F)C(F)(F)F. The first-order chi connectivity index (χ1) is 5.56. The quantitative estimate of drug-likeness (QED) is 0.527. The molecular formula is C6H11F5OSi. The molecule has 0 unspecified atom stereocenters. The number of hydrogen-bond donors (Lipinski definition) is 0. The van der Waals surface area contributed by atoms with Gasteiger partial charge in [0.2, 0.25) is 0 Å². The highest BCUT2D eigenvalue weighted by molar-refractivity contribution is 6.73. The summed E-state index contributed by atoms with van der Waals surface area (Å²) in [7, 11) is -4.02. The van der Waals surface area contributed by atoms with E-state index in [1.165, 1.54) is 6.92 Å². The van der Waals surface area contributed by atoms with E-state index in [0.717, 1.165) is 13.1 Å². The van der Waals surface area contributed by atoms with Crippen molar-refractivity contribution < 1.29 is 26.4 Å². The van der Waals surface area contributed by atoms with E-state index < -0.39 is 20.0 Å². The Morgan fingerprint density at radius 1 is 1.08 bits per heavy atom. The van der Waals surface area contributed by atoms with Crippen molar-refractivity contribution in [3.8, 4) is 0 Å². The van der Waals surface area contributed by atoms with Crippen molar-refractivity contribution in [2.75, 3.05) is 6.61 Å². The fourth-order valence-electron chi connectivity index (χ4n) is 0.793. The molecular weight excluding hydrogens is 211 g/mol. The molecule has 0 aliphatic heterocycles. The summed E-state index contributed by atoms with van der Waals surface area (Å²) in [5.41, 5.74) is -4.70. The maximum Gasteiger partial charge on any atom is 0.451 e. The summed E-state index contributed by atoms with van der Waals surface area (Å²) in [6, 6.07) is 0. The standard InChI is InChI=1S/C6H11F5OSi/c1-4-12-13(2,3)6(10,11)5(7,8)9/h4H2,1-3H3. The summed E-state index contributed by atoms with van der Waals surface area (Å²) in [5.74, 6) is 0. The third-order valence-corrected chi connectivity index (χ3v) is 4.42. The van der Waals surface area contributed by atoms with Gasteiger partial charge in [0.25, 0.3) is 8.32 Å². The Balaban J connectivity index is 4.81. The van der Waals surface area contributed by atoms with Crippen LogP contribution in [0.2, 0.25) is 13.1 Å². The molecule has 13 heavy (non-hydrogen) atoms. The maximum absolute atomic E-state index is 12.7. The molecule has 0 amide bonds. The summed E-state index contributed by atoms with van der Waals surface area (Å²) < 4.78 is 65.5. The molecule has 0 rings (SSSR count). The largest absolute Gasteiger partial charge is 0.451 e. The monoisotopic (exact) mass is 222 g/mol. The van der Waals surface area contributed by atoms with Crippen LogP contribution in [0.15, 0.2) is 0 Å². The Labute approximate surface area is 74.0 Å². The minimum atomic E-state index is -5.52. The Morgan fingerprint density at radius 3 is 1.69 bits per heavy atom. The average Bonchev–Trinajstić information content (AvgIpc) is 1.84. The first-order valence-corrected chi connectivity index (χ1v) is 6.55. The lowest BCUT2D eigenvalue weighted by atomic mass is 10.7. The molecule has 0 fully saturated rings. The van der Waals surface area contributed by atoms with Crippen molar-refractivity contribution in [3.05, 3.63) is 0 Å². The zero-order valence-corrected chi connectivity index (χ0v) is 8.51. The molecule has 0 aromatic carbocycles. The van der Waals surface area contributed by atoms with Gasteiger partial charge in [-0.05, 0) is 20.0 Å². The van der Waals surface area contributed by atoms with Gasteiger partial charge in [0.15, 0.2) is 0 Å². The Kier molecular flexibility index (Phi) is 3.48. The maximum atomic E-state index is 12.7. The summed E-state index contributed by atoms with van der Waals surface area (Å²) in [6.07, 6.45) is -5.52. The van der Waals surface area contributed by atoms with Crippen LogP contribution in [0.4, 0.5) is 22.0 Å². The van der Waals surface area contributed by atoms with Crippen LogP contribution in [0.25, 0.3) is 0 Å². The molecule has 0 aromatic rings. The van der Waals surface area contributed by atoms with Crippen LogP contribution < -0.4 is 0 Å². The van der Waals surface area contributed by atoms with Gasteiger partial charge >= 0.3 is 11.7 Å². The van der Waals surface area contributed by atoms with Crippen LogP contribution in [0.3, 0.4) is 0 Å². The van der Waals surface area contributed by atoms with E-state index in [1.54, 1.807) is 0 Å².